The Hall–Kier alpha value is -4.24. The first-order valence-corrected chi connectivity index (χ1v) is 12.2. The highest BCUT2D eigenvalue weighted by Crippen LogP contribution is 2.24. The highest BCUT2D eigenvalue weighted by atomic mass is 16.6. The summed E-state index contributed by atoms with van der Waals surface area (Å²) in [5.74, 6) is 1.19. The molecule has 1 aliphatic rings. The third kappa shape index (κ3) is 4.90. The molecule has 0 radical (unpaired) electrons. The minimum atomic E-state index is -0.502. The van der Waals surface area contributed by atoms with Gasteiger partial charge < -0.3 is 9.64 Å². The molecule has 2 heterocycles. The highest BCUT2D eigenvalue weighted by molar-refractivity contribution is 5.80. The van der Waals surface area contributed by atoms with E-state index >= 15 is 0 Å². The zero-order valence-electron chi connectivity index (χ0n) is 21.1. The summed E-state index contributed by atoms with van der Waals surface area (Å²) in [7, 11) is 1.57. The molecule has 4 aromatic rings. The van der Waals surface area contributed by atoms with Gasteiger partial charge in [0.05, 0.1) is 35.2 Å². The molecule has 1 aromatic heterocycles. The Kier molecular flexibility index (Phi) is 6.62. The molecule has 0 saturated carbocycles. The van der Waals surface area contributed by atoms with Gasteiger partial charge in [0.15, 0.2) is 0 Å². The number of aromatic nitrogens is 2. The maximum absolute atomic E-state index is 13.7. The molecular formula is C28H29N5O4. The number of fused-ring (bicyclic) bond motifs is 1. The van der Waals surface area contributed by atoms with Gasteiger partial charge in [0.25, 0.3) is 11.2 Å². The predicted molar refractivity (Wildman–Crippen MR) is 144 cm³/mol. The van der Waals surface area contributed by atoms with Crippen molar-refractivity contribution >= 4 is 22.3 Å². The predicted octanol–water partition coefficient (Wildman–Crippen LogP) is 4.32. The van der Waals surface area contributed by atoms with Crippen LogP contribution >= 0.6 is 0 Å². The van der Waals surface area contributed by atoms with E-state index in [9.17, 15) is 14.9 Å². The van der Waals surface area contributed by atoms with Crippen LogP contribution in [0.3, 0.4) is 0 Å². The molecule has 1 atom stereocenters. The van der Waals surface area contributed by atoms with E-state index in [-0.39, 0.29) is 22.7 Å². The number of non-ortho nitro benzene ring substituents is 1. The Morgan fingerprint density at radius 2 is 1.84 bits per heavy atom. The van der Waals surface area contributed by atoms with Gasteiger partial charge in [-0.15, -0.1) is 0 Å². The number of anilines is 1. The number of hydrogen-bond donors (Lipinski definition) is 0. The number of nitro benzene ring substituents is 1. The van der Waals surface area contributed by atoms with Crippen molar-refractivity contribution in [2.24, 2.45) is 0 Å². The zero-order valence-corrected chi connectivity index (χ0v) is 21.1. The number of nitrogens with zero attached hydrogens (tertiary/aromatic N) is 5. The van der Waals surface area contributed by atoms with Crippen molar-refractivity contribution in [2.75, 3.05) is 31.6 Å². The van der Waals surface area contributed by atoms with Gasteiger partial charge in [-0.05, 0) is 49.7 Å². The summed E-state index contributed by atoms with van der Waals surface area (Å²) in [5.41, 5.74) is 3.00. The molecule has 0 aliphatic carbocycles. The molecule has 37 heavy (non-hydrogen) atoms. The second kappa shape index (κ2) is 10.0. The molecule has 3 aromatic carbocycles. The third-order valence-electron chi connectivity index (χ3n) is 6.85. The first kappa shape index (κ1) is 24.5. The lowest BCUT2D eigenvalue weighted by atomic mass is 10.1. The Morgan fingerprint density at radius 3 is 2.57 bits per heavy atom. The van der Waals surface area contributed by atoms with E-state index in [1.54, 1.807) is 29.9 Å². The van der Waals surface area contributed by atoms with Gasteiger partial charge in [-0.3, -0.25) is 24.4 Å². The summed E-state index contributed by atoms with van der Waals surface area (Å²) in [4.78, 5) is 34.1. The van der Waals surface area contributed by atoms with Crippen LogP contribution in [0, 0.1) is 17.0 Å². The van der Waals surface area contributed by atoms with Crippen molar-refractivity contribution in [3.63, 3.8) is 0 Å². The number of rotatable bonds is 6. The highest BCUT2D eigenvalue weighted by Gasteiger charge is 2.26. The van der Waals surface area contributed by atoms with E-state index < -0.39 is 4.92 Å². The molecule has 9 nitrogen and oxygen atoms in total. The van der Waals surface area contributed by atoms with E-state index in [4.69, 9.17) is 9.72 Å². The van der Waals surface area contributed by atoms with Crippen molar-refractivity contribution in [1.29, 1.82) is 0 Å². The van der Waals surface area contributed by atoms with Crippen LogP contribution in [-0.2, 0) is 6.54 Å². The van der Waals surface area contributed by atoms with E-state index in [1.807, 2.05) is 12.1 Å². The second-order valence-electron chi connectivity index (χ2n) is 9.45. The van der Waals surface area contributed by atoms with Crippen LogP contribution in [0.5, 0.6) is 5.75 Å². The minimum Gasteiger partial charge on any atom is -0.497 e. The van der Waals surface area contributed by atoms with Crippen LogP contribution in [0.1, 0.15) is 18.3 Å². The molecule has 0 spiro atoms. The van der Waals surface area contributed by atoms with Crippen LogP contribution < -0.4 is 15.2 Å². The molecule has 190 valence electrons. The van der Waals surface area contributed by atoms with Gasteiger partial charge in [-0.1, -0.05) is 18.2 Å². The van der Waals surface area contributed by atoms with Crippen molar-refractivity contribution < 1.29 is 9.66 Å². The minimum absolute atomic E-state index is 0.141. The van der Waals surface area contributed by atoms with Crippen molar-refractivity contribution in [3.05, 3.63) is 98.6 Å². The van der Waals surface area contributed by atoms with Gasteiger partial charge in [0.2, 0.25) is 0 Å². The van der Waals surface area contributed by atoms with Gasteiger partial charge in [-0.2, -0.15) is 0 Å². The fourth-order valence-corrected chi connectivity index (χ4v) is 5.02. The largest absolute Gasteiger partial charge is 0.497 e. The number of methoxy groups -OCH3 is 1. The number of hydrogen-bond acceptors (Lipinski definition) is 7. The molecule has 1 fully saturated rings. The summed E-state index contributed by atoms with van der Waals surface area (Å²) in [6, 6.07) is 20.2. The zero-order chi connectivity index (χ0) is 26.1. The molecule has 0 N–H and O–H groups in total. The van der Waals surface area contributed by atoms with Crippen LogP contribution in [0.15, 0.2) is 71.5 Å². The summed E-state index contributed by atoms with van der Waals surface area (Å²) in [6.45, 7) is 7.24. The summed E-state index contributed by atoms with van der Waals surface area (Å²) >= 11 is 0. The van der Waals surface area contributed by atoms with Gasteiger partial charge in [0.1, 0.15) is 11.6 Å². The lowest BCUT2D eigenvalue weighted by Crippen LogP contribution is -2.52. The topological polar surface area (TPSA) is 93.7 Å². The van der Waals surface area contributed by atoms with E-state index in [2.05, 4.69) is 47.9 Å². The summed E-state index contributed by atoms with van der Waals surface area (Å²) in [6.07, 6.45) is 0. The lowest BCUT2D eigenvalue weighted by Gasteiger charge is -2.41. The normalized spacial score (nSPS) is 16.2. The maximum atomic E-state index is 13.7. The number of piperazine rings is 1. The molecule has 9 heteroatoms. The van der Waals surface area contributed by atoms with Crippen LogP contribution in [0.2, 0.25) is 0 Å². The average molecular weight is 500 g/mol. The van der Waals surface area contributed by atoms with E-state index in [0.29, 0.717) is 29.3 Å². The standard InChI is InChI=1S/C28H29N5O4/c1-19-6-4-7-21(14-19)31-13-12-30(17-20(31)2)18-27-29-26-11-10-23(33(35)36)16-25(26)28(34)32(27)22-8-5-9-24(15-22)37-3/h4-11,14-16,20H,12-13,17-18H2,1-3H3/t20-/m1/s1. The molecule has 0 amide bonds. The fourth-order valence-electron chi connectivity index (χ4n) is 5.02. The monoisotopic (exact) mass is 499 g/mol. The molecule has 1 saturated heterocycles. The molecular weight excluding hydrogens is 470 g/mol. The fraction of sp³-hybridized carbons (Fsp3) is 0.286. The van der Waals surface area contributed by atoms with Crippen LogP contribution in [0.4, 0.5) is 11.4 Å². The molecule has 5 rings (SSSR count). The quantitative estimate of drug-likeness (QED) is 0.288. The van der Waals surface area contributed by atoms with Gasteiger partial charge in [0, 0.05) is 49.6 Å². The summed E-state index contributed by atoms with van der Waals surface area (Å²) in [5, 5.41) is 11.6. The van der Waals surface area contributed by atoms with E-state index in [1.165, 1.54) is 23.4 Å². The number of aryl methyl sites for hydroxylation is 1. The van der Waals surface area contributed by atoms with Crippen LogP contribution in [-0.4, -0.2) is 52.2 Å². The average Bonchev–Trinajstić information content (AvgIpc) is 2.88. The number of benzene rings is 3. The van der Waals surface area contributed by atoms with Gasteiger partial charge >= 0.3 is 0 Å². The SMILES string of the molecule is COc1cccc(-n2c(CN3CCN(c4cccc(C)c4)[C@H](C)C3)nc3ccc([N+](=O)[O-])cc3c2=O)c1. The number of ether oxygens (including phenoxy) is 1. The second-order valence-corrected chi connectivity index (χ2v) is 9.45. The first-order valence-electron chi connectivity index (χ1n) is 12.2. The molecule has 0 unspecified atom stereocenters. The first-order chi connectivity index (χ1) is 17.8. The third-order valence-corrected chi connectivity index (χ3v) is 6.85. The lowest BCUT2D eigenvalue weighted by molar-refractivity contribution is -0.384. The molecule has 0 bridgehead atoms. The number of nitro groups is 1. The smallest absolute Gasteiger partial charge is 0.270 e. The van der Waals surface area contributed by atoms with Crippen molar-refractivity contribution in [2.45, 2.75) is 26.4 Å². The Labute approximate surface area is 214 Å². The summed E-state index contributed by atoms with van der Waals surface area (Å²) < 4.78 is 6.93. The van der Waals surface area contributed by atoms with Crippen LogP contribution in [0.25, 0.3) is 16.6 Å². The van der Waals surface area contributed by atoms with E-state index in [0.717, 1.165) is 19.6 Å². The van der Waals surface area contributed by atoms with Crippen molar-refractivity contribution in [1.82, 2.24) is 14.5 Å². The Bertz CT molecular complexity index is 1530. The molecule has 1 aliphatic heterocycles. The Morgan fingerprint density at radius 1 is 1.05 bits per heavy atom. The maximum Gasteiger partial charge on any atom is 0.270 e. The van der Waals surface area contributed by atoms with Gasteiger partial charge in [-0.25, -0.2) is 4.98 Å². The van der Waals surface area contributed by atoms with Crippen molar-refractivity contribution in [3.8, 4) is 11.4 Å². The Balaban J connectivity index is 1.52.